The molecule has 4 aromatic rings. The molecule has 0 aliphatic heterocycles. The Balaban J connectivity index is 1.58. The minimum Gasteiger partial charge on any atom is -0.390 e. The highest BCUT2D eigenvalue weighted by Gasteiger charge is 2.49. The predicted molar refractivity (Wildman–Crippen MR) is 126 cm³/mol. The first-order valence-corrected chi connectivity index (χ1v) is 11.3. The van der Waals surface area contributed by atoms with Crippen molar-refractivity contribution in [3.63, 3.8) is 0 Å². The molecule has 4 N–H and O–H groups in total. The lowest BCUT2D eigenvalue weighted by atomic mass is 9.63. The predicted octanol–water partition coefficient (Wildman–Crippen LogP) is 5.18. The first kappa shape index (κ1) is 20.1. The van der Waals surface area contributed by atoms with E-state index in [1.54, 1.807) is 11.3 Å². The Morgan fingerprint density at radius 2 is 1.68 bits per heavy atom. The number of benzene rings is 2. The van der Waals surface area contributed by atoms with Crippen molar-refractivity contribution in [2.24, 2.45) is 5.73 Å². The molecule has 6 heteroatoms. The lowest BCUT2D eigenvalue weighted by molar-refractivity contribution is -0.0738. The van der Waals surface area contributed by atoms with Crippen molar-refractivity contribution < 1.29 is 5.11 Å². The van der Waals surface area contributed by atoms with Crippen LogP contribution < -0.4 is 5.73 Å². The van der Waals surface area contributed by atoms with Crippen molar-refractivity contribution in [3.05, 3.63) is 71.5 Å². The Hall–Kier alpha value is -2.80. The van der Waals surface area contributed by atoms with E-state index in [2.05, 4.69) is 58.7 Å². The van der Waals surface area contributed by atoms with Gasteiger partial charge in [0.15, 0.2) is 0 Å². The standard InChI is InChI=1S/C25H26N4OS/c1-15-20(16(2)29-28-15)23-27-21(22(31-23)18-7-5-4-6-8-18)17-9-11-19(12-10-17)25(26)13-24(3,30)14-25/h4-12,30H,13-14,26H2,1-3H3,(H,28,29). The molecule has 0 unspecified atom stereocenters. The molecule has 5 rings (SSSR count). The molecule has 158 valence electrons. The van der Waals surface area contributed by atoms with Crippen LogP contribution in [0.15, 0.2) is 54.6 Å². The maximum Gasteiger partial charge on any atom is 0.128 e. The molecule has 1 aliphatic carbocycles. The fourth-order valence-electron chi connectivity index (χ4n) is 4.75. The molecule has 5 nitrogen and oxygen atoms in total. The lowest BCUT2D eigenvalue weighted by Crippen LogP contribution is -2.58. The number of hydrogen-bond acceptors (Lipinski definition) is 5. The van der Waals surface area contributed by atoms with Gasteiger partial charge in [-0.2, -0.15) is 5.10 Å². The number of nitrogens with zero attached hydrogens (tertiary/aromatic N) is 2. The monoisotopic (exact) mass is 430 g/mol. The van der Waals surface area contributed by atoms with Crippen LogP contribution in [0.5, 0.6) is 0 Å². The van der Waals surface area contributed by atoms with E-state index in [1.165, 1.54) is 0 Å². The van der Waals surface area contributed by atoms with Gasteiger partial charge in [0.1, 0.15) is 5.01 Å². The van der Waals surface area contributed by atoms with Gasteiger partial charge in [0.05, 0.1) is 27.4 Å². The molecule has 0 amide bonds. The molecular formula is C25H26N4OS. The summed E-state index contributed by atoms with van der Waals surface area (Å²) in [4.78, 5) is 6.19. The fraction of sp³-hybridized carbons (Fsp3) is 0.280. The Labute approximate surface area is 186 Å². The smallest absolute Gasteiger partial charge is 0.128 e. The van der Waals surface area contributed by atoms with E-state index in [0.29, 0.717) is 12.8 Å². The SMILES string of the molecule is Cc1n[nH]c(C)c1-c1nc(-c2ccc(C3(N)CC(C)(O)C3)cc2)c(-c2ccccc2)s1. The first-order chi connectivity index (χ1) is 14.8. The van der Waals surface area contributed by atoms with E-state index < -0.39 is 11.1 Å². The van der Waals surface area contributed by atoms with E-state index in [0.717, 1.165) is 49.2 Å². The van der Waals surface area contributed by atoms with E-state index in [-0.39, 0.29) is 0 Å². The third-order valence-electron chi connectivity index (χ3n) is 6.13. The highest BCUT2D eigenvalue weighted by atomic mass is 32.1. The number of rotatable bonds is 4. The summed E-state index contributed by atoms with van der Waals surface area (Å²) < 4.78 is 0. The van der Waals surface area contributed by atoms with Gasteiger partial charge in [-0.1, -0.05) is 54.6 Å². The summed E-state index contributed by atoms with van der Waals surface area (Å²) in [7, 11) is 0. The maximum atomic E-state index is 10.1. The van der Waals surface area contributed by atoms with E-state index in [1.807, 2.05) is 26.8 Å². The van der Waals surface area contributed by atoms with Gasteiger partial charge >= 0.3 is 0 Å². The minimum absolute atomic E-state index is 0.456. The quantitative estimate of drug-likeness (QED) is 0.416. The number of aromatic nitrogens is 3. The summed E-state index contributed by atoms with van der Waals surface area (Å²) in [6.07, 6.45) is 1.16. The summed E-state index contributed by atoms with van der Waals surface area (Å²) in [6.45, 7) is 5.88. The molecule has 0 saturated heterocycles. The Morgan fingerprint density at radius 3 is 2.26 bits per heavy atom. The third kappa shape index (κ3) is 3.51. The zero-order valence-electron chi connectivity index (χ0n) is 17.9. The number of aryl methyl sites for hydroxylation is 2. The molecule has 1 saturated carbocycles. The largest absolute Gasteiger partial charge is 0.390 e. The highest BCUT2D eigenvalue weighted by molar-refractivity contribution is 7.19. The molecule has 0 bridgehead atoms. The molecule has 0 spiro atoms. The number of thiazole rings is 1. The molecule has 0 radical (unpaired) electrons. The summed E-state index contributed by atoms with van der Waals surface area (Å²) in [5.41, 5.74) is 12.7. The van der Waals surface area contributed by atoms with Crippen molar-refractivity contribution in [2.45, 2.75) is 44.8 Å². The number of aromatic amines is 1. The van der Waals surface area contributed by atoms with Gasteiger partial charge in [-0.3, -0.25) is 5.10 Å². The zero-order valence-corrected chi connectivity index (χ0v) is 18.8. The summed E-state index contributed by atoms with van der Waals surface area (Å²) >= 11 is 1.69. The second-order valence-electron chi connectivity index (χ2n) is 8.96. The molecule has 2 aromatic heterocycles. The lowest BCUT2D eigenvalue weighted by Gasteiger charge is -2.49. The number of H-pyrrole nitrogens is 1. The van der Waals surface area contributed by atoms with Gasteiger partial charge in [-0.15, -0.1) is 11.3 Å². The highest BCUT2D eigenvalue weighted by Crippen LogP contribution is 2.47. The van der Waals surface area contributed by atoms with Gasteiger partial charge in [0.25, 0.3) is 0 Å². The van der Waals surface area contributed by atoms with Crippen LogP contribution in [0, 0.1) is 13.8 Å². The third-order valence-corrected chi connectivity index (χ3v) is 7.25. The van der Waals surface area contributed by atoms with Crippen LogP contribution in [0.2, 0.25) is 0 Å². The van der Waals surface area contributed by atoms with Crippen LogP contribution >= 0.6 is 11.3 Å². The van der Waals surface area contributed by atoms with Crippen molar-refractivity contribution in [2.75, 3.05) is 0 Å². The molecular weight excluding hydrogens is 404 g/mol. The summed E-state index contributed by atoms with van der Waals surface area (Å²) in [5, 5.41) is 18.5. The molecule has 0 atom stereocenters. The summed E-state index contributed by atoms with van der Waals surface area (Å²) in [5.74, 6) is 0. The van der Waals surface area contributed by atoms with Crippen LogP contribution in [0.25, 0.3) is 32.3 Å². The maximum absolute atomic E-state index is 10.1. The Bertz CT molecular complexity index is 1210. The summed E-state index contributed by atoms with van der Waals surface area (Å²) in [6, 6.07) is 18.7. The van der Waals surface area contributed by atoms with Crippen molar-refractivity contribution in [1.82, 2.24) is 15.2 Å². The molecule has 1 aliphatic rings. The Morgan fingerprint density at radius 1 is 1.00 bits per heavy atom. The normalized spacial score (nSPS) is 23.0. The van der Waals surface area contributed by atoms with Crippen molar-refractivity contribution in [3.8, 4) is 32.3 Å². The van der Waals surface area contributed by atoms with Crippen LogP contribution in [0.3, 0.4) is 0 Å². The average molecular weight is 431 g/mol. The van der Waals surface area contributed by atoms with Crippen LogP contribution in [0.1, 0.15) is 36.7 Å². The molecule has 1 fully saturated rings. The van der Waals surface area contributed by atoms with Gasteiger partial charge in [-0.25, -0.2) is 4.98 Å². The van der Waals surface area contributed by atoms with Crippen LogP contribution in [-0.2, 0) is 5.54 Å². The van der Waals surface area contributed by atoms with E-state index in [9.17, 15) is 5.11 Å². The average Bonchev–Trinajstić information content (AvgIpc) is 3.30. The van der Waals surface area contributed by atoms with Crippen LogP contribution in [0.4, 0.5) is 0 Å². The molecule has 31 heavy (non-hydrogen) atoms. The van der Waals surface area contributed by atoms with Crippen molar-refractivity contribution >= 4 is 11.3 Å². The Kier molecular flexibility index (Phi) is 4.62. The second-order valence-corrected chi connectivity index (χ2v) is 9.95. The topological polar surface area (TPSA) is 87.8 Å². The first-order valence-electron chi connectivity index (χ1n) is 10.5. The zero-order chi connectivity index (χ0) is 21.8. The van der Waals surface area contributed by atoms with E-state index >= 15 is 0 Å². The van der Waals surface area contributed by atoms with Crippen molar-refractivity contribution in [1.29, 1.82) is 0 Å². The number of aliphatic hydroxyl groups is 1. The molecule has 2 heterocycles. The van der Waals surface area contributed by atoms with Gasteiger partial charge in [0, 0.05) is 16.8 Å². The van der Waals surface area contributed by atoms with Gasteiger partial charge < -0.3 is 10.8 Å². The van der Waals surface area contributed by atoms with Crippen LogP contribution in [-0.4, -0.2) is 25.9 Å². The van der Waals surface area contributed by atoms with E-state index in [4.69, 9.17) is 10.7 Å². The van der Waals surface area contributed by atoms with Gasteiger partial charge in [0.2, 0.25) is 0 Å². The molecule has 2 aromatic carbocycles. The number of nitrogens with two attached hydrogens (primary N) is 1. The second kappa shape index (κ2) is 7.12. The number of nitrogens with one attached hydrogen (secondary N) is 1. The minimum atomic E-state index is -0.669. The fourth-order valence-corrected chi connectivity index (χ4v) is 5.99. The van der Waals surface area contributed by atoms with Gasteiger partial charge in [-0.05, 0) is 44.7 Å². The number of hydrogen-bond donors (Lipinski definition) is 3.